The lowest BCUT2D eigenvalue weighted by Crippen LogP contribution is -2.33. The highest BCUT2D eigenvalue weighted by Gasteiger charge is 2.45. The molecule has 0 aromatic carbocycles. The molecule has 0 radical (unpaired) electrons. The van der Waals surface area contributed by atoms with Crippen LogP contribution in [0.2, 0.25) is 0 Å². The average Bonchev–Trinajstić information content (AvgIpc) is 2.67. The molecule has 0 amide bonds. The first-order valence-electron chi connectivity index (χ1n) is 5.41. The van der Waals surface area contributed by atoms with Crippen molar-refractivity contribution in [1.82, 2.24) is 9.55 Å². The smallest absolute Gasteiger partial charge is 0.351 e. The second kappa shape index (κ2) is 6.03. The Morgan fingerprint density at radius 2 is 2.42 bits per heavy atom. The normalized spacial score (nSPS) is 30.8. The molecule has 2 unspecified atom stereocenters. The highest BCUT2D eigenvalue weighted by atomic mass is 31.1. The number of ether oxygens (including phenoxy) is 1. The van der Waals surface area contributed by atoms with Crippen molar-refractivity contribution in [2.75, 3.05) is 12.3 Å². The Morgan fingerprint density at radius 1 is 1.68 bits per heavy atom. The van der Waals surface area contributed by atoms with Crippen molar-refractivity contribution in [2.45, 2.75) is 24.1 Å². The molecule has 0 bridgehead atoms. The molecule has 1 aromatic rings. The molecule has 2 rings (SSSR count). The van der Waals surface area contributed by atoms with Crippen LogP contribution >= 0.6 is 17.9 Å². The topological polar surface area (TPSA) is 117 Å². The zero-order chi connectivity index (χ0) is 14.0. The first-order chi connectivity index (χ1) is 9.08. The van der Waals surface area contributed by atoms with Crippen LogP contribution in [0, 0.1) is 0 Å². The SMILES string of the molecule is Nc1ccn([C@@H]2O[C@H](COP)C(O)[C@H]2P=O)c(=O)n1. The maximum atomic E-state index is 11.7. The highest BCUT2D eigenvalue weighted by Crippen LogP contribution is 2.36. The van der Waals surface area contributed by atoms with Crippen LogP contribution in [0.25, 0.3) is 0 Å². The van der Waals surface area contributed by atoms with Gasteiger partial charge in [-0.15, -0.1) is 0 Å². The maximum absolute atomic E-state index is 11.7. The molecule has 1 aromatic heterocycles. The third-order valence-electron chi connectivity index (χ3n) is 2.85. The van der Waals surface area contributed by atoms with E-state index in [1.165, 1.54) is 12.3 Å². The average molecular weight is 305 g/mol. The third kappa shape index (κ3) is 2.83. The molecule has 2 heterocycles. The second-order valence-electron chi connectivity index (χ2n) is 4.03. The zero-order valence-electron chi connectivity index (χ0n) is 9.75. The van der Waals surface area contributed by atoms with E-state index < -0.39 is 29.8 Å². The van der Waals surface area contributed by atoms with E-state index >= 15 is 0 Å². The fourth-order valence-corrected chi connectivity index (χ4v) is 2.75. The van der Waals surface area contributed by atoms with Gasteiger partial charge >= 0.3 is 5.69 Å². The van der Waals surface area contributed by atoms with Crippen LogP contribution in [-0.2, 0) is 13.8 Å². The van der Waals surface area contributed by atoms with Crippen molar-refractivity contribution >= 4 is 23.7 Å². The number of nitrogens with two attached hydrogens (primary N) is 1. The van der Waals surface area contributed by atoms with Gasteiger partial charge in [-0.2, -0.15) is 4.98 Å². The predicted octanol–water partition coefficient (Wildman–Crippen LogP) is -0.449. The van der Waals surface area contributed by atoms with Gasteiger partial charge in [0.1, 0.15) is 23.7 Å². The lowest BCUT2D eigenvalue weighted by atomic mass is 10.2. The van der Waals surface area contributed by atoms with Crippen LogP contribution in [0.4, 0.5) is 5.82 Å². The van der Waals surface area contributed by atoms with E-state index in [0.29, 0.717) is 0 Å². The third-order valence-corrected chi connectivity index (χ3v) is 3.84. The van der Waals surface area contributed by atoms with Crippen molar-refractivity contribution in [2.24, 2.45) is 0 Å². The number of nitrogens with zero attached hydrogens (tertiary/aromatic N) is 2. The van der Waals surface area contributed by atoms with E-state index in [9.17, 15) is 14.5 Å². The van der Waals surface area contributed by atoms with Crippen molar-refractivity contribution in [3.05, 3.63) is 22.7 Å². The van der Waals surface area contributed by atoms with E-state index in [1.807, 2.05) is 9.47 Å². The summed E-state index contributed by atoms with van der Waals surface area (Å²) >= 11 is 0. The Balaban J connectivity index is 2.32. The number of anilines is 1. The number of hydrogen-bond acceptors (Lipinski definition) is 7. The molecular weight excluding hydrogens is 292 g/mol. The maximum Gasteiger partial charge on any atom is 0.351 e. The summed E-state index contributed by atoms with van der Waals surface area (Å²) < 4.78 is 22.7. The van der Waals surface area contributed by atoms with Gasteiger partial charge in [0.15, 0.2) is 14.7 Å². The molecule has 0 saturated carbocycles. The van der Waals surface area contributed by atoms with Crippen LogP contribution < -0.4 is 11.4 Å². The van der Waals surface area contributed by atoms with Crippen molar-refractivity contribution < 1.29 is 18.9 Å². The molecule has 0 spiro atoms. The Morgan fingerprint density at radius 3 is 3.00 bits per heavy atom. The lowest BCUT2D eigenvalue weighted by molar-refractivity contribution is -0.0380. The number of hydrogen-bond donors (Lipinski definition) is 2. The quantitative estimate of drug-likeness (QED) is 0.724. The standard InChI is InChI=1S/C9H13N3O5P2/c10-5-1-2-12(9(14)11-5)8-7(19-15)6(13)4(17-8)3-16-18/h1-2,4,6-8,13H,3,18H2,(H2,10,11,14)/t4-,6?,7-,8-/m1/s1. The number of aliphatic hydroxyl groups is 1. The zero-order valence-corrected chi connectivity index (χ0v) is 11.8. The number of rotatable bonds is 4. The van der Waals surface area contributed by atoms with Gasteiger partial charge in [-0.1, -0.05) is 0 Å². The molecule has 3 N–H and O–H groups in total. The van der Waals surface area contributed by atoms with Crippen LogP contribution in [-0.4, -0.2) is 39.1 Å². The molecule has 8 nitrogen and oxygen atoms in total. The molecule has 1 fully saturated rings. The van der Waals surface area contributed by atoms with Gasteiger partial charge in [0.05, 0.1) is 6.61 Å². The molecule has 0 aliphatic carbocycles. The summed E-state index contributed by atoms with van der Waals surface area (Å²) in [6.45, 7) is 0.103. The molecule has 1 aliphatic rings. The Labute approximate surface area is 112 Å². The van der Waals surface area contributed by atoms with E-state index in [2.05, 4.69) is 4.98 Å². The van der Waals surface area contributed by atoms with Gasteiger partial charge in [-0.05, 0) is 6.07 Å². The molecule has 10 heteroatoms. The molecule has 1 saturated heterocycles. The van der Waals surface area contributed by atoms with Crippen molar-refractivity contribution in [3.8, 4) is 0 Å². The molecule has 19 heavy (non-hydrogen) atoms. The van der Waals surface area contributed by atoms with Crippen molar-refractivity contribution in [1.29, 1.82) is 0 Å². The summed E-state index contributed by atoms with van der Waals surface area (Å²) in [6, 6.07) is 1.43. The van der Waals surface area contributed by atoms with Crippen LogP contribution in [0.1, 0.15) is 6.23 Å². The molecular formula is C9H13N3O5P2. The summed E-state index contributed by atoms with van der Waals surface area (Å²) in [5.41, 5.74) is 4.00. The first kappa shape index (κ1) is 14.5. The van der Waals surface area contributed by atoms with Crippen molar-refractivity contribution in [3.63, 3.8) is 0 Å². The van der Waals surface area contributed by atoms with Gasteiger partial charge in [0.2, 0.25) is 0 Å². The Hall–Kier alpha value is -0.910. The van der Waals surface area contributed by atoms with Gasteiger partial charge in [0, 0.05) is 15.7 Å². The summed E-state index contributed by atoms with van der Waals surface area (Å²) in [6.07, 6.45) is -1.16. The van der Waals surface area contributed by atoms with Gasteiger partial charge in [-0.25, -0.2) is 4.79 Å². The molecule has 104 valence electrons. The summed E-state index contributed by atoms with van der Waals surface area (Å²) in [5, 5.41) is 9.98. The minimum atomic E-state index is -1.01. The van der Waals surface area contributed by atoms with E-state index in [4.69, 9.17) is 15.0 Å². The van der Waals surface area contributed by atoms with Gasteiger partial charge < -0.3 is 20.1 Å². The summed E-state index contributed by atoms with van der Waals surface area (Å²) in [7, 11) is 1.72. The second-order valence-corrected chi connectivity index (χ2v) is 5.17. The Bertz CT molecular complexity index is 525. The summed E-state index contributed by atoms with van der Waals surface area (Å²) in [4.78, 5) is 15.3. The fourth-order valence-electron chi connectivity index (χ4n) is 1.93. The van der Waals surface area contributed by atoms with E-state index in [1.54, 1.807) is 0 Å². The van der Waals surface area contributed by atoms with Gasteiger partial charge in [-0.3, -0.25) is 9.13 Å². The van der Waals surface area contributed by atoms with E-state index in [-0.39, 0.29) is 20.9 Å². The molecule has 1 aliphatic heterocycles. The van der Waals surface area contributed by atoms with Crippen LogP contribution in [0.15, 0.2) is 17.1 Å². The largest absolute Gasteiger partial charge is 0.389 e. The number of aliphatic hydroxyl groups excluding tert-OH is 1. The van der Waals surface area contributed by atoms with Gasteiger partial charge in [0.25, 0.3) is 0 Å². The fraction of sp³-hybridized carbons (Fsp3) is 0.556. The minimum Gasteiger partial charge on any atom is -0.389 e. The summed E-state index contributed by atoms with van der Waals surface area (Å²) in [5.74, 6) is 0.0841. The number of nitrogen functional groups attached to an aromatic ring is 1. The lowest BCUT2D eigenvalue weighted by Gasteiger charge is -2.16. The highest BCUT2D eigenvalue weighted by molar-refractivity contribution is 7.24. The van der Waals surface area contributed by atoms with E-state index in [0.717, 1.165) is 4.57 Å². The predicted molar refractivity (Wildman–Crippen MR) is 69.9 cm³/mol. The Kier molecular flexibility index (Phi) is 4.60. The number of aromatic nitrogens is 2. The first-order valence-corrected chi connectivity index (χ1v) is 6.76. The monoisotopic (exact) mass is 305 g/mol. The van der Waals surface area contributed by atoms with Crippen LogP contribution in [0.3, 0.4) is 0 Å². The molecule has 5 atom stereocenters. The minimum absolute atomic E-state index is 0.0841. The van der Waals surface area contributed by atoms with Crippen LogP contribution in [0.5, 0.6) is 0 Å².